The summed E-state index contributed by atoms with van der Waals surface area (Å²) in [6, 6.07) is 0. The standard InChI is InChI=1S/C12H21O7P/c1-4-9(5-2)12(3,8-20(16,17)18)19-11(15)7-6-10(13)14/h6-7,9H,4-5,8H2,1-3H3,(H,13,14)(H2,16,17,18). The Bertz CT molecular complexity index is 422. The third-order valence-corrected chi connectivity index (χ3v) is 4.10. The van der Waals surface area contributed by atoms with Crippen LogP contribution in [-0.4, -0.2) is 38.6 Å². The van der Waals surface area contributed by atoms with Crippen LogP contribution in [0.5, 0.6) is 0 Å². The first-order valence-electron chi connectivity index (χ1n) is 6.22. The predicted molar refractivity (Wildman–Crippen MR) is 72.3 cm³/mol. The van der Waals surface area contributed by atoms with Gasteiger partial charge in [0, 0.05) is 12.2 Å². The van der Waals surface area contributed by atoms with Crippen LogP contribution in [0.2, 0.25) is 0 Å². The van der Waals surface area contributed by atoms with Crippen molar-refractivity contribution in [3.05, 3.63) is 12.2 Å². The van der Waals surface area contributed by atoms with Crippen LogP contribution in [-0.2, 0) is 18.9 Å². The van der Waals surface area contributed by atoms with E-state index in [1.807, 2.05) is 13.8 Å². The summed E-state index contributed by atoms with van der Waals surface area (Å²) >= 11 is 0. The number of carbonyl (C=O) groups excluding carboxylic acids is 1. The van der Waals surface area contributed by atoms with Crippen molar-refractivity contribution in [2.24, 2.45) is 5.92 Å². The molecule has 1 atom stereocenters. The number of rotatable bonds is 8. The summed E-state index contributed by atoms with van der Waals surface area (Å²) in [6.45, 7) is 5.11. The largest absolute Gasteiger partial charge is 0.478 e. The van der Waals surface area contributed by atoms with E-state index >= 15 is 0 Å². The first-order valence-corrected chi connectivity index (χ1v) is 8.02. The van der Waals surface area contributed by atoms with Crippen LogP contribution in [0.1, 0.15) is 33.6 Å². The molecule has 0 bridgehead atoms. The van der Waals surface area contributed by atoms with E-state index in [0.717, 1.165) is 6.08 Å². The van der Waals surface area contributed by atoms with Crippen LogP contribution in [0.15, 0.2) is 12.2 Å². The fourth-order valence-electron chi connectivity index (χ4n) is 2.21. The van der Waals surface area contributed by atoms with Crippen molar-refractivity contribution in [2.45, 2.75) is 39.2 Å². The zero-order valence-corrected chi connectivity index (χ0v) is 12.7. The summed E-state index contributed by atoms with van der Waals surface area (Å²) in [4.78, 5) is 40.1. The average molecular weight is 308 g/mol. The van der Waals surface area contributed by atoms with Crippen molar-refractivity contribution < 1.29 is 33.8 Å². The van der Waals surface area contributed by atoms with E-state index < -0.39 is 31.3 Å². The minimum Gasteiger partial charge on any atom is -0.478 e. The Hall–Kier alpha value is -1.17. The maximum Gasteiger partial charge on any atom is 0.331 e. The number of hydrogen-bond donors (Lipinski definition) is 3. The fraction of sp³-hybridized carbons (Fsp3) is 0.667. The van der Waals surface area contributed by atoms with Gasteiger partial charge in [-0.25, -0.2) is 9.59 Å². The zero-order valence-electron chi connectivity index (χ0n) is 11.8. The van der Waals surface area contributed by atoms with Crippen molar-refractivity contribution in [3.63, 3.8) is 0 Å². The molecule has 0 saturated heterocycles. The van der Waals surface area contributed by atoms with Crippen LogP contribution in [0.3, 0.4) is 0 Å². The molecule has 0 heterocycles. The van der Waals surface area contributed by atoms with E-state index in [0.29, 0.717) is 18.9 Å². The van der Waals surface area contributed by atoms with Gasteiger partial charge in [0.15, 0.2) is 0 Å². The number of carbonyl (C=O) groups is 2. The molecule has 3 N–H and O–H groups in total. The van der Waals surface area contributed by atoms with Gasteiger partial charge < -0.3 is 19.6 Å². The molecular formula is C12H21O7P. The molecule has 0 aliphatic rings. The lowest BCUT2D eigenvalue weighted by Gasteiger charge is -2.36. The Labute approximate surface area is 117 Å². The van der Waals surface area contributed by atoms with Gasteiger partial charge in [-0.2, -0.15) is 0 Å². The summed E-state index contributed by atoms with van der Waals surface area (Å²) in [5.41, 5.74) is -1.34. The maximum absolute atomic E-state index is 11.6. The lowest BCUT2D eigenvalue weighted by atomic mass is 9.86. The van der Waals surface area contributed by atoms with Gasteiger partial charge in [-0.05, 0) is 25.7 Å². The Balaban J connectivity index is 5.18. The second-order valence-corrected chi connectivity index (χ2v) is 6.39. The van der Waals surface area contributed by atoms with Crippen LogP contribution >= 0.6 is 7.60 Å². The molecule has 0 fully saturated rings. The SMILES string of the molecule is CCC(CC)C(C)(CP(=O)(O)O)OC(=O)C=CC(=O)O. The number of hydrogen-bond acceptors (Lipinski definition) is 4. The average Bonchev–Trinajstić information content (AvgIpc) is 2.24. The molecule has 20 heavy (non-hydrogen) atoms. The van der Waals surface area contributed by atoms with E-state index in [1.54, 1.807) is 0 Å². The highest BCUT2D eigenvalue weighted by Gasteiger charge is 2.41. The third-order valence-electron chi connectivity index (χ3n) is 3.06. The minimum absolute atomic E-state index is 0.239. The second-order valence-electron chi connectivity index (χ2n) is 4.74. The van der Waals surface area contributed by atoms with Gasteiger partial charge >= 0.3 is 19.5 Å². The Morgan fingerprint density at radius 1 is 1.25 bits per heavy atom. The molecule has 0 aliphatic carbocycles. The number of aliphatic carboxylic acids is 1. The summed E-state index contributed by atoms with van der Waals surface area (Å²) in [7, 11) is -4.38. The quantitative estimate of drug-likeness (QED) is 0.353. The lowest BCUT2D eigenvalue weighted by Crippen LogP contribution is -2.42. The predicted octanol–water partition coefficient (Wildman–Crippen LogP) is 1.54. The molecule has 0 spiro atoms. The molecule has 0 aromatic heterocycles. The van der Waals surface area contributed by atoms with Crippen molar-refractivity contribution in [1.82, 2.24) is 0 Å². The Morgan fingerprint density at radius 2 is 1.75 bits per heavy atom. The summed E-state index contributed by atoms with van der Waals surface area (Å²) in [6.07, 6.45) is 1.89. The van der Waals surface area contributed by atoms with Gasteiger partial charge in [0.1, 0.15) is 5.60 Å². The van der Waals surface area contributed by atoms with E-state index in [4.69, 9.17) is 19.6 Å². The lowest BCUT2D eigenvalue weighted by molar-refractivity contribution is -0.155. The zero-order chi connectivity index (χ0) is 16.0. The van der Waals surface area contributed by atoms with E-state index in [9.17, 15) is 14.2 Å². The molecule has 0 aliphatic heterocycles. The topological polar surface area (TPSA) is 121 Å². The van der Waals surface area contributed by atoms with Gasteiger partial charge in [0.2, 0.25) is 0 Å². The summed E-state index contributed by atoms with van der Waals surface area (Å²) in [5, 5.41) is 8.43. The smallest absolute Gasteiger partial charge is 0.331 e. The first kappa shape index (κ1) is 18.8. The molecule has 0 aromatic carbocycles. The van der Waals surface area contributed by atoms with Crippen LogP contribution in [0, 0.1) is 5.92 Å². The van der Waals surface area contributed by atoms with Crippen molar-refractivity contribution in [1.29, 1.82) is 0 Å². The monoisotopic (exact) mass is 308 g/mol. The molecule has 8 heteroatoms. The van der Waals surface area contributed by atoms with Crippen molar-refractivity contribution in [3.8, 4) is 0 Å². The molecule has 0 aromatic rings. The second kappa shape index (κ2) is 7.57. The fourth-order valence-corrected chi connectivity index (χ4v) is 3.35. The van der Waals surface area contributed by atoms with Gasteiger partial charge in [0.05, 0.1) is 6.16 Å². The van der Waals surface area contributed by atoms with Gasteiger partial charge in [-0.15, -0.1) is 0 Å². The number of esters is 1. The molecule has 7 nitrogen and oxygen atoms in total. The van der Waals surface area contributed by atoms with Crippen molar-refractivity contribution in [2.75, 3.05) is 6.16 Å². The Kier molecular flexibility index (Phi) is 7.13. The summed E-state index contributed by atoms with van der Waals surface area (Å²) < 4.78 is 16.3. The molecule has 1 unspecified atom stereocenters. The van der Waals surface area contributed by atoms with Gasteiger partial charge in [0.25, 0.3) is 0 Å². The molecule has 0 amide bonds. The highest BCUT2D eigenvalue weighted by atomic mass is 31.2. The highest BCUT2D eigenvalue weighted by Crippen LogP contribution is 2.44. The molecule has 0 rings (SSSR count). The number of ether oxygens (including phenoxy) is 1. The molecule has 116 valence electrons. The van der Waals surface area contributed by atoms with Crippen LogP contribution in [0.25, 0.3) is 0 Å². The van der Waals surface area contributed by atoms with E-state index in [-0.39, 0.29) is 5.92 Å². The van der Waals surface area contributed by atoms with Gasteiger partial charge in [-0.3, -0.25) is 4.57 Å². The Morgan fingerprint density at radius 3 is 2.10 bits per heavy atom. The number of carboxylic acid groups (broad SMARTS) is 1. The molecule has 0 saturated carbocycles. The number of carboxylic acids is 1. The third kappa shape index (κ3) is 6.84. The molecular weight excluding hydrogens is 287 g/mol. The highest BCUT2D eigenvalue weighted by molar-refractivity contribution is 7.51. The van der Waals surface area contributed by atoms with E-state index in [1.165, 1.54) is 6.92 Å². The van der Waals surface area contributed by atoms with Crippen molar-refractivity contribution >= 4 is 19.5 Å². The summed E-state index contributed by atoms with van der Waals surface area (Å²) in [5.74, 6) is -2.48. The normalized spacial score (nSPS) is 15.3. The minimum atomic E-state index is -4.38. The van der Waals surface area contributed by atoms with Gasteiger partial charge in [-0.1, -0.05) is 13.8 Å². The van der Waals surface area contributed by atoms with E-state index in [2.05, 4.69) is 0 Å². The first-order chi connectivity index (χ1) is 9.04. The maximum atomic E-state index is 11.6. The molecule has 0 radical (unpaired) electrons. The van der Waals surface area contributed by atoms with Crippen LogP contribution in [0.4, 0.5) is 0 Å². The van der Waals surface area contributed by atoms with Crippen LogP contribution < -0.4 is 0 Å².